The van der Waals surface area contributed by atoms with Crippen molar-refractivity contribution in [3.8, 4) is 0 Å². The normalized spacial score (nSPS) is 36.2. The molecule has 0 spiro atoms. The van der Waals surface area contributed by atoms with Crippen molar-refractivity contribution in [2.75, 3.05) is 0 Å². The summed E-state index contributed by atoms with van der Waals surface area (Å²) in [6, 6.07) is 28.0. The fourth-order valence-electron chi connectivity index (χ4n) is 23.4. The Morgan fingerprint density at radius 2 is 0.420 bits per heavy atom. The molecule has 4 saturated carbocycles. The van der Waals surface area contributed by atoms with Gasteiger partial charge >= 0.3 is 0 Å². The van der Waals surface area contributed by atoms with Crippen LogP contribution in [0.5, 0.6) is 0 Å². The molecular weight excluding hydrogens is 1260 g/mol. The topological polar surface area (TPSA) is 246 Å². The van der Waals surface area contributed by atoms with Gasteiger partial charge in [0.1, 0.15) is 0 Å². The Labute approximate surface area is 587 Å². The number of fused-ring (bicyclic) bond motifs is 24. The van der Waals surface area contributed by atoms with Crippen molar-refractivity contribution in [1.82, 2.24) is 62.1 Å². The van der Waals surface area contributed by atoms with E-state index in [4.69, 9.17) is 0 Å². The average molecular weight is 1360 g/mol. The first-order valence-electron chi connectivity index (χ1n) is 37.9. The molecule has 20 atom stereocenters. The van der Waals surface area contributed by atoms with Gasteiger partial charge in [-0.2, -0.15) is 0 Å². The second-order valence-electron chi connectivity index (χ2n) is 34.8. The number of imide groups is 4. The lowest BCUT2D eigenvalue weighted by atomic mass is 9.50. The molecule has 5 saturated heterocycles. The van der Waals surface area contributed by atoms with Gasteiger partial charge < -0.3 is 0 Å². The van der Waals surface area contributed by atoms with Crippen LogP contribution >= 0.6 is 0 Å². The van der Waals surface area contributed by atoms with E-state index in [0.29, 0.717) is 68.2 Å². The van der Waals surface area contributed by atoms with Crippen molar-refractivity contribution in [3.63, 3.8) is 0 Å². The number of nitrogens with zero attached hydrogens (tertiary/aromatic N) is 4. The van der Waals surface area contributed by atoms with Crippen molar-refractivity contribution < 1.29 is 38.4 Å². The fourth-order valence-corrected chi connectivity index (χ4v) is 23.4. The molecule has 4 aliphatic carbocycles. The second kappa shape index (κ2) is 24.4. The molecule has 100 heavy (non-hydrogen) atoms. The van der Waals surface area contributed by atoms with Gasteiger partial charge in [0.05, 0.1) is 93.8 Å². The number of hydrogen-bond acceptors (Lipinski definition) is 16. The summed E-state index contributed by atoms with van der Waals surface area (Å²) >= 11 is 0. The monoisotopic (exact) mass is 1360 g/mol. The van der Waals surface area contributed by atoms with E-state index in [1.165, 1.54) is 45.3 Å². The van der Waals surface area contributed by atoms with Crippen LogP contribution in [0.25, 0.3) is 0 Å². The minimum Gasteiger partial charge on any atom is -0.286 e. The zero-order valence-corrected chi connectivity index (χ0v) is 59.2. The van der Waals surface area contributed by atoms with Crippen LogP contribution in [0, 0.1) is 71.0 Å². The summed E-state index contributed by atoms with van der Waals surface area (Å²) < 4.78 is 0. The summed E-state index contributed by atoms with van der Waals surface area (Å²) in [5.74, 6) is -3.75. The maximum atomic E-state index is 15.3. The molecule has 9 aliphatic heterocycles. The summed E-state index contributed by atoms with van der Waals surface area (Å²) in [7, 11) is 0. The van der Waals surface area contributed by atoms with Crippen LogP contribution in [0.1, 0.15) is 241 Å². The van der Waals surface area contributed by atoms with Crippen LogP contribution in [-0.4, -0.2) is 138 Å². The zero-order chi connectivity index (χ0) is 69.4. The van der Waals surface area contributed by atoms with Gasteiger partial charge in [0.15, 0.2) is 0 Å². The molecule has 0 radical (unpaired) electrons. The Kier molecular flexibility index (Phi) is 16.2. The van der Waals surface area contributed by atoms with Gasteiger partial charge in [-0.15, -0.1) is 0 Å². The summed E-state index contributed by atoms with van der Waals surface area (Å²) in [5, 5.41) is 34.7. The second-order valence-corrected chi connectivity index (χ2v) is 34.8. The highest BCUT2D eigenvalue weighted by molar-refractivity contribution is 6.24. The van der Waals surface area contributed by atoms with Crippen molar-refractivity contribution in [3.05, 3.63) is 142 Å². The fraction of sp³-hybridized carbons (Fsp3) is 0.600. The van der Waals surface area contributed by atoms with Crippen LogP contribution < -0.4 is 42.5 Å². The Bertz CT molecular complexity index is 3660. The van der Waals surface area contributed by atoms with E-state index in [1.54, 1.807) is 97.1 Å². The molecule has 4 aromatic carbocycles. The number of carbonyl (C=O) groups excluding carboxylic acids is 8. The lowest BCUT2D eigenvalue weighted by Crippen LogP contribution is -2.63. The van der Waals surface area contributed by atoms with Crippen molar-refractivity contribution in [2.24, 2.45) is 71.0 Å². The van der Waals surface area contributed by atoms with Crippen molar-refractivity contribution >= 4 is 47.3 Å². The predicted octanol–water partition coefficient (Wildman–Crippen LogP) is 9.37. The van der Waals surface area contributed by atoms with E-state index in [1.807, 2.05) is 55.4 Å². The Balaban J connectivity index is 0.875. The smallest absolute Gasteiger partial charge is 0.262 e. The number of benzene rings is 4. The number of carbonyl (C=O) groups is 8. The molecule has 9 fully saturated rings. The number of nitrogens with one attached hydrogen (secondary N) is 8. The molecule has 20 heteroatoms. The third-order valence-corrected chi connectivity index (χ3v) is 27.5. The first-order chi connectivity index (χ1) is 47.9. The molecule has 17 rings (SSSR count). The Morgan fingerprint density at radius 1 is 0.260 bits per heavy atom. The molecular formula is C80H100N12O8. The van der Waals surface area contributed by atoms with Crippen LogP contribution in [0.3, 0.4) is 0 Å². The summed E-state index contributed by atoms with van der Waals surface area (Å²) in [5.41, 5.74) is -2.15. The molecule has 0 aromatic heterocycles. The molecule has 20 unspecified atom stereocenters. The van der Waals surface area contributed by atoms with Gasteiger partial charge in [0, 0.05) is 22.2 Å². The van der Waals surface area contributed by atoms with E-state index in [0.717, 1.165) is 51.4 Å². The molecule has 8 N–H and O–H groups in total. The molecule has 8 bridgehead atoms. The highest BCUT2D eigenvalue weighted by Crippen LogP contribution is 2.61. The first-order valence-corrected chi connectivity index (χ1v) is 37.9. The maximum Gasteiger partial charge on any atom is 0.262 e. The number of rotatable bonds is 12. The first kappa shape index (κ1) is 66.4. The van der Waals surface area contributed by atoms with Gasteiger partial charge in [-0.25, -0.2) is 0 Å². The SMILES string of the molecule is CC(C)(CC1C(CC(C)(C)N2C(=O)c3ccccc3C2=O)C(CC(C)(C)N2C(=O)c3ccccc3C2=O)C2C3NC4NC(NC5NC(NC6NC(NC(N3)C2C1CC(C)(C)N1C(=O)c2ccccc2C1=O)C1CCCCC61)C1CCCCC51)C1CCCCC41)N1C(=O)c2ccccc2C1=O. The Hall–Kier alpha value is -6.88. The molecule has 4 aromatic rings. The minimum absolute atomic E-state index is 0.00226. The van der Waals surface area contributed by atoms with Gasteiger partial charge in [-0.1, -0.05) is 87.1 Å². The van der Waals surface area contributed by atoms with E-state index in [-0.39, 0.29) is 110 Å². The van der Waals surface area contributed by atoms with E-state index in [2.05, 4.69) is 42.5 Å². The van der Waals surface area contributed by atoms with Gasteiger partial charge in [-0.3, -0.25) is 100 Å². The molecule has 528 valence electrons. The zero-order valence-electron chi connectivity index (χ0n) is 59.2. The van der Waals surface area contributed by atoms with E-state index < -0.39 is 81.8 Å². The number of amides is 8. The maximum absolute atomic E-state index is 15.3. The molecule has 20 nitrogen and oxygen atoms in total. The standard InChI is InChI=1S/C80H100N12O8/c1-77(2,89-69(93)47-29-15-16-30-48(47)70(89)94)37-55-56(38-78(3,4)90-71(95)49-31-17-18-32-50(49)72(90)96)58(40-80(7,8)92-75(99)53-35-21-22-36-54(53)76(92)100)60-59(57(55)39-79(5,6)91-73(97)51-33-19-20-34-52(51)74(91)98)67-86-65-45-27-13-11-25-43(45)63(84-65)82-61-41-23-9-10-24-42(41)62(81-61)83-64-44-26-12-14-28-46(44)66(85-64)87-68(60)88-67/h15-22,29-36,41-46,55-68,81-88H,9-14,23-28,37-40H2,1-8H3. The summed E-state index contributed by atoms with van der Waals surface area (Å²) in [6.45, 7) is 15.9. The van der Waals surface area contributed by atoms with Crippen LogP contribution in [0.4, 0.5) is 0 Å². The summed E-state index contributed by atoms with van der Waals surface area (Å²) in [6.07, 6.45) is 13.4. The highest BCUT2D eigenvalue weighted by Gasteiger charge is 2.66. The van der Waals surface area contributed by atoms with Gasteiger partial charge in [-0.05, 0) is 239 Å². The third kappa shape index (κ3) is 10.4. The minimum atomic E-state index is -1.22. The van der Waals surface area contributed by atoms with Crippen molar-refractivity contribution in [2.45, 2.75) is 230 Å². The molecule has 9 heterocycles. The quantitative estimate of drug-likeness (QED) is 0.0616. The van der Waals surface area contributed by atoms with Gasteiger partial charge in [0.25, 0.3) is 47.3 Å². The highest BCUT2D eigenvalue weighted by atomic mass is 16.2. The van der Waals surface area contributed by atoms with E-state index in [9.17, 15) is 0 Å². The molecule has 13 aliphatic rings. The predicted molar refractivity (Wildman–Crippen MR) is 375 cm³/mol. The third-order valence-electron chi connectivity index (χ3n) is 27.5. The van der Waals surface area contributed by atoms with Crippen molar-refractivity contribution in [1.29, 1.82) is 0 Å². The lowest BCUT2D eigenvalue weighted by Gasteiger charge is -2.58. The summed E-state index contributed by atoms with van der Waals surface area (Å²) in [4.78, 5) is 128. The number of hydrogen-bond donors (Lipinski definition) is 8. The van der Waals surface area contributed by atoms with Gasteiger partial charge in [0.2, 0.25) is 0 Å². The largest absolute Gasteiger partial charge is 0.286 e. The van der Waals surface area contributed by atoms with E-state index >= 15 is 38.4 Å². The van der Waals surface area contributed by atoms with Crippen LogP contribution in [0.15, 0.2) is 97.1 Å². The van der Waals surface area contributed by atoms with Crippen LogP contribution in [0.2, 0.25) is 0 Å². The van der Waals surface area contributed by atoms with Crippen LogP contribution in [-0.2, 0) is 0 Å². The molecule has 8 amide bonds. The average Bonchev–Trinajstić information content (AvgIpc) is 1.46. The Morgan fingerprint density at radius 3 is 0.610 bits per heavy atom. The lowest BCUT2D eigenvalue weighted by molar-refractivity contribution is -0.0858.